The van der Waals surface area contributed by atoms with Gasteiger partial charge in [0.1, 0.15) is 9.79 Å². The van der Waals surface area contributed by atoms with Gasteiger partial charge in [0.25, 0.3) is 20.2 Å². The van der Waals surface area contributed by atoms with Crippen molar-refractivity contribution < 1.29 is 25.9 Å². The van der Waals surface area contributed by atoms with Gasteiger partial charge in [0.15, 0.2) is 0 Å². The lowest BCUT2D eigenvalue weighted by Gasteiger charge is -2.09. The molecule has 0 atom stereocenters. The van der Waals surface area contributed by atoms with Gasteiger partial charge in [0.2, 0.25) is 16.5 Å². The highest BCUT2D eigenvalue weighted by atomic mass is 35.5. The summed E-state index contributed by atoms with van der Waals surface area (Å²) in [6.45, 7) is 1.73. The summed E-state index contributed by atoms with van der Waals surface area (Å²) >= 11 is 11.5. The molecule has 3 N–H and O–H groups in total. The fourth-order valence-corrected chi connectivity index (χ4v) is 5.06. The summed E-state index contributed by atoms with van der Waals surface area (Å²) in [4.78, 5) is 10.3. The molecule has 0 amide bonds. The molecule has 12 nitrogen and oxygen atoms in total. The zero-order chi connectivity index (χ0) is 26.3. The molecule has 0 saturated heterocycles. The Labute approximate surface area is 214 Å². The number of halogens is 2. The van der Waals surface area contributed by atoms with Crippen LogP contribution in [0.2, 0.25) is 10.6 Å². The van der Waals surface area contributed by atoms with Crippen LogP contribution in [0.5, 0.6) is 0 Å². The molecule has 0 aliphatic heterocycles. The van der Waals surface area contributed by atoms with Gasteiger partial charge in [-0.2, -0.15) is 42.0 Å². The smallest absolute Gasteiger partial charge is 0.295 e. The minimum Gasteiger partial charge on any atom is -0.324 e. The normalized spacial score (nSPS) is 12.4. The van der Waals surface area contributed by atoms with E-state index in [1.807, 2.05) is 0 Å². The van der Waals surface area contributed by atoms with Crippen LogP contribution in [-0.4, -0.2) is 40.9 Å². The molecule has 0 aliphatic rings. The Hall–Kier alpha value is -3.27. The molecule has 4 aromatic rings. The summed E-state index contributed by atoms with van der Waals surface area (Å²) in [5.41, 5.74) is 1.53. The van der Waals surface area contributed by atoms with Crippen LogP contribution in [0.1, 0.15) is 5.56 Å². The summed E-state index contributed by atoms with van der Waals surface area (Å²) in [5.74, 6) is 0.123. The minimum atomic E-state index is -4.77. The van der Waals surface area contributed by atoms with E-state index in [4.69, 9.17) is 23.2 Å². The molecule has 16 heteroatoms. The van der Waals surface area contributed by atoms with Gasteiger partial charge in [-0.25, -0.2) is 0 Å². The lowest BCUT2D eigenvalue weighted by atomic mass is 10.1. The Kier molecular flexibility index (Phi) is 6.92. The van der Waals surface area contributed by atoms with Crippen LogP contribution in [-0.2, 0) is 20.2 Å². The molecule has 1 aromatic heterocycles. The molecule has 0 saturated carbocycles. The van der Waals surface area contributed by atoms with E-state index in [0.29, 0.717) is 16.9 Å². The van der Waals surface area contributed by atoms with Crippen molar-refractivity contribution in [2.24, 2.45) is 10.2 Å². The quantitative estimate of drug-likeness (QED) is 0.204. The summed E-state index contributed by atoms with van der Waals surface area (Å²) in [5, 5.41) is 10.6. The number of hydrogen-bond acceptors (Lipinski definition) is 10. The topological polar surface area (TPSA) is 184 Å². The molecule has 186 valence electrons. The Morgan fingerprint density at radius 3 is 2.08 bits per heavy atom. The third-order valence-electron chi connectivity index (χ3n) is 4.77. The predicted molar refractivity (Wildman–Crippen MR) is 132 cm³/mol. The molecule has 0 fully saturated rings. The minimum absolute atomic E-state index is 0.0812. The molecule has 3 aromatic carbocycles. The molecular weight excluding hydrogens is 555 g/mol. The number of nitrogens with one attached hydrogen (secondary N) is 1. The molecule has 0 bridgehead atoms. The number of anilines is 2. The number of hydrogen-bond donors (Lipinski definition) is 3. The Morgan fingerprint density at radius 1 is 0.806 bits per heavy atom. The summed E-state index contributed by atoms with van der Waals surface area (Å²) in [6, 6.07) is 10.8. The van der Waals surface area contributed by atoms with E-state index >= 15 is 0 Å². The van der Waals surface area contributed by atoms with E-state index in [2.05, 4.69) is 30.5 Å². The molecule has 36 heavy (non-hydrogen) atoms. The van der Waals surface area contributed by atoms with Crippen molar-refractivity contribution in [3.05, 3.63) is 64.7 Å². The van der Waals surface area contributed by atoms with Crippen molar-refractivity contribution in [3.63, 3.8) is 0 Å². The van der Waals surface area contributed by atoms with Gasteiger partial charge in [0, 0.05) is 16.5 Å². The van der Waals surface area contributed by atoms with Crippen molar-refractivity contribution in [1.82, 2.24) is 15.0 Å². The van der Waals surface area contributed by atoms with E-state index in [1.165, 1.54) is 18.2 Å². The van der Waals surface area contributed by atoms with Gasteiger partial charge >= 0.3 is 0 Å². The van der Waals surface area contributed by atoms with Crippen molar-refractivity contribution in [1.29, 1.82) is 0 Å². The van der Waals surface area contributed by atoms with Gasteiger partial charge < -0.3 is 5.32 Å². The number of rotatable bonds is 6. The van der Waals surface area contributed by atoms with Crippen LogP contribution in [0.4, 0.5) is 23.0 Å². The molecule has 4 rings (SSSR count). The highest BCUT2D eigenvalue weighted by molar-refractivity contribution is 7.86. The standard InChI is InChI=1S/C20H14Cl2N6O6S2/c1-10-7-11(23-20-25-18(21)24-19(22)26-20)5-6-15(10)28-27-12-8-14-13(17(9-12)36(32,33)34)3-2-4-16(14)35(29,30)31/h2-9H,1H3,(H,29,30,31)(H,32,33,34)(H,23,24,25,26)/b28-27+. The van der Waals surface area contributed by atoms with Crippen molar-refractivity contribution in [2.45, 2.75) is 16.7 Å². The first-order chi connectivity index (χ1) is 16.8. The third kappa shape index (κ3) is 5.75. The second-order valence-electron chi connectivity index (χ2n) is 7.27. The maximum absolute atomic E-state index is 12.0. The number of benzene rings is 3. The number of fused-ring (bicyclic) bond motifs is 1. The van der Waals surface area contributed by atoms with Crippen LogP contribution < -0.4 is 5.32 Å². The molecule has 0 aliphatic carbocycles. The van der Waals surface area contributed by atoms with E-state index in [-0.39, 0.29) is 33.0 Å². The van der Waals surface area contributed by atoms with Gasteiger partial charge in [-0.3, -0.25) is 9.11 Å². The average Bonchev–Trinajstić information content (AvgIpc) is 2.75. The lowest BCUT2D eigenvalue weighted by molar-refractivity contribution is 0.481. The van der Waals surface area contributed by atoms with Gasteiger partial charge in [-0.15, -0.1) is 0 Å². The second-order valence-corrected chi connectivity index (χ2v) is 10.7. The zero-order valence-corrected chi connectivity index (χ0v) is 21.1. The van der Waals surface area contributed by atoms with Crippen LogP contribution in [0.3, 0.4) is 0 Å². The lowest BCUT2D eigenvalue weighted by Crippen LogP contribution is -2.03. The summed E-state index contributed by atoms with van der Waals surface area (Å²) in [6.07, 6.45) is 0. The molecule has 0 unspecified atom stereocenters. The molecule has 1 heterocycles. The SMILES string of the molecule is Cc1cc(Nc2nc(Cl)nc(Cl)n2)ccc1/N=N/c1cc(S(=O)(=O)O)c2cccc(S(=O)(=O)O)c2c1. The maximum Gasteiger partial charge on any atom is 0.295 e. The van der Waals surface area contributed by atoms with E-state index in [0.717, 1.165) is 12.1 Å². The highest BCUT2D eigenvalue weighted by Gasteiger charge is 2.21. The Balaban J connectivity index is 1.73. The van der Waals surface area contributed by atoms with E-state index < -0.39 is 30.0 Å². The average molecular weight is 569 g/mol. The van der Waals surface area contributed by atoms with Crippen molar-refractivity contribution in [3.8, 4) is 0 Å². The monoisotopic (exact) mass is 568 g/mol. The van der Waals surface area contributed by atoms with Gasteiger partial charge in [-0.05, 0) is 72.1 Å². The van der Waals surface area contributed by atoms with E-state index in [1.54, 1.807) is 25.1 Å². The van der Waals surface area contributed by atoms with Gasteiger partial charge in [-0.1, -0.05) is 12.1 Å². The number of nitrogens with zero attached hydrogens (tertiary/aromatic N) is 5. The summed E-state index contributed by atoms with van der Waals surface area (Å²) in [7, 11) is -9.47. The first-order valence-electron chi connectivity index (χ1n) is 9.69. The maximum atomic E-state index is 12.0. The van der Waals surface area contributed by atoms with Crippen LogP contribution in [0.15, 0.2) is 68.6 Å². The van der Waals surface area contributed by atoms with Crippen LogP contribution >= 0.6 is 23.2 Å². The van der Waals surface area contributed by atoms with Crippen molar-refractivity contribution in [2.75, 3.05) is 5.32 Å². The van der Waals surface area contributed by atoms with Crippen LogP contribution in [0.25, 0.3) is 10.8 Å². The number of aryl methyl sites for hydroxylation is 1. The van der Waals surface area contributed by atoms with Crippen LogP contribution in [0, 0.1) is 6.92 Å². The predicted octanol–water partition coefficient (Wildman–Crippen LogP) is 5.29. The Bertz CT molecular complexity index is 1740. The summed E-state index contributed by atoms with van der Waals surface area (Å²) < 4.78 is 66.7. The fourth-order valence-electron chi connectivity index (χ4n) is 3.27. The highest BCUT2D eigenvalue weighted by Crippen LogP contribution is 2.34. The Morgan fingerprint density at radius 2 is 1.47 bits per heavy atom. The second kappa shape index (κ2) is 9.65. The third-order valence-corrected chi connectivity index (χ3v) is 6.91. The van der Waals surface area contributed by atoms with Crippen molar-refractivity contribution >= 4 is 77.2 Å². The molecular formula is C20H14Cl2N6O6S2. The first-order valence-corrected chi connectivity index (χ1v) is 13.3. The van der Waals surface area contributed by atoms with Gasteiger partial charge in [0.05, 0.1) is 11.4 Å². The molecule has 0 spiro atoms. The number of azo groups is 1. The number of aromatic nitrogens is 3. The fraction of sp³-hybridized carbons (Fsp3) is 0.0500. The first kappa shape index (κ1) is 25.8. The zero-order valence-electron chi connectivity index (χ0n) is 18.0. The molecule has 0 radical (unpaired) electrons. The van der Waals surface area contributed by atoms with E-state index in [9.17, 15) is 25.9 Å². The largest absolute Gasteiger partial charge is 0.324 e.